The zero-order valence-corrected chi connectivity index (χ0v) is 15.5. The van der Waals surface area contributed by atoms with Gasteiger partial charge < -0.3 is 9.47 Å². The molecule has 0 unspecified atom stereocenters. The predicted octanol–water partition coefficient (Wildman–Crippen LogP) is 3.59. The fourth-order valence-electron chi connectivity index (χ4n) is 3.27. The van der Waals surface area contributed by atoms with E-state index in [2.05, 4.69) is 9.72 Å². The molecule has 2 heterocycles. The number of fused-ring (bicyclic) bond motifs is 3. The van der Waals surface area contributed by atoms with Crippen molar-refractivity contribution in [2.45, 2.75) is 38.9 Å². The van der Waals surface area contributed by atoms with Gasteiger partial charge in [-0.05, 0) is 37.8 Å². The van der Waals surface area contributed by atoms with Crippen molar-refractivity contribution in [3.8, 4) is 5.75 Å². The van der Waals surface area contributed by atoms with Gasteiger partial charge in [-0.15, -0.1) is 11.3 Å². The van der Waals surface area contributed by atoms with Crippen molar-refractivity contribution >= 4 is 22.3 Å². The number of nitrogens with zero attached hydrogens (tertiary/aromatic N) is 2. The summed E-state index contributed by atoms with van der Waals surface area (Å²) in [6.07, 6.45) is 3.93. The van der Waals surface area contributed by atoms with Crippen LogP contribution in [0.3, 0.4) is 0 Å². The molecule has 0 N–H and O–H groups in total. The van der Waals surface area contributed by atoms with Gasteiger partial charge in [0.05, 0.1) is 5.69 Å². The molecule has 0 saturated carbocycles. The van der Waals surface area contributed by atoms with Crippen LogP contribution in [-0.4, -0.2) is 22.0 Å². The Hall–Kier alpha value is -2.81. The smallest absolute Gasteiger partial charge is 0.387 e. The molecular weight excluding hydrogens is 390 g/mol. The third kappa shape index (κ3) is 3.62. The normalized spacial score (nSPS) is 13.5. The highest BCUT2D eigenvalue weighted by atomic mass is 32.1. The van der Waals surface area contributed by atoms with Gasteiger partial charge >= 0.3 is 12.6 Å². The lowest BCUT2D eigenvalue weighted by Crippen LogP contribution is -2.18. The fraction of sp³-hybridized carbons (Fsp3) is 0.316. The molecule has 0 amide bonds. The van der Waals surface area contributed by atoms with Crippen molar-refractivity contribution in [1.82, 2.24) is 9.38 Å². The number of thiazole rings is 1. The van der Waals surface area contributed by atoms with Gasteiger partial charge in [-0.1, -0.05) is 12.1 Å². The summed E-state index contributed by atoms with van der Waals surface area (Å²) in [7, 11) is 0. The van der Waals surface area contributed by atoms with Crippen LogP contribution < -0.4 is 10.3 Å². The SMILES string of the molecule is O=C(OCc1cc(=O)n2c3c(sc2n1)CCCC3)c1ccccc1OC(F)F. The van der Waals surface area contributed by atoms with Crippen LogP contribution in [0.25, 0.3) is 4.96 Å². The summed E-state index contributed by atoms with van der Waals surface area (Å²) in [6, 6.07) is 6.92. The first kappa shape index (κ1) is 18.5. The fourth-order valence-corrected chi connectivity index (χ4v) is 4.50. The highest BCUT2D eigenvalue weighted by molar-refractivity contribution is 7.17. The van der Waals surface area contributed by atoms with Gasteiger partial charge in [0.25, 0.3) is 5.56 Å². The molecule has 1 aromatic carbocycles. The zero-order chi connectivity index (χ0) is 19.7. The van der Waals surface area contributed by atoms with E-state index in [9.17, 15) is 18.4 Å². The van der Waals surface area contributed by atoms with Crippen LogP contribution in [0.1, 0.15) is 39.5 Å². The van der Waals surface area contributed by atoms with E-state index >= 15 is 0 Å². The molecule has 3 aromatic rings. The summed E-state index contributed by atoms with van der Waals surface area (Å²) < 4.78 is 36.1. The maximum atomic E-state index is 12.5. The van der Waals surface area contributed by atoms with Crippen LogP contribution in [0.4, 0.5) is 8.78 Å². The number of hydrogen-bond acceptors (Lipinski definition) is 6. The molecular formula is C19H16F2N2O4S. The topological polar surface area (TPSA) is 69.9 Å². The van der Waals surface area contributed by atoms with Crippen LogP contribution >= 0.6 is 11.3 Å². The highest BCUT2D eigenvalue weighted by Gasteiger charge is 2.20. The van der Waals surface area contributed by atoms with Crippen LogP contribution in [0, 0.1) is 0 Å². The summed E-state index contributed by atoms with van der Waals surface area (Å²) >= 11 is 1.48. The Morgan fingerprint density at radius 1 is 1.25 bits per heavy atom. The molecule has 4 rings (SSSR count). The summed E-state index contributed by atoms with van der Waals surface area (Å²) in [4.78, 5) is 31.0. The Labute approximate surface area is 162 Å². The van der Waals surface area contributed by atoms with Gasteiger partial charge in [-0.2, -0.15) is 8.78 Å². The monoisotopic (exact) mass is 406 g/mol. The van der Waals surface area contributed by atoms with Gasteiger partial charge in [0.15, 0.2) is 4.96 Å². The molecule has 0 radical (unpaired) electrons. The van der Waals surface area contributed by atoms with Gasteiger partial charge in [0.1, 0.15) is 17.9 Å². The Bertz CT molecular complexity index is 1090. The number of hydrogen-bond donors (Lipinski definition) is 0. The molecule has 28 heavy (non-hydrogen) atoms. The average Bonchev–Trinajstić information content (AvgIpc) is 3.05. The Morgan fingerprint density at radius 2 is 2.04 bits per heavy atom. The van der Waals surface area contributed by atoms with Gasteiger partial charge in [0, 0.05) is 16.6 Å². The first-order valence-corrected chi connectivity index (χ1v) is 9.59. The van der Waals surface area contributed by atoms with Crippen molar-refractivity contribution in [2.75, 3.05) is 0 Å². The molecule has 9 heteroatoms. The maximum absolute atomic E-state index is 12.5. The van der Waals surface area contributed by atoms with Crippen LogP contribution in [0.2, 0.25) is 0 Å². The number of carbonyl (C=O) groups is 1. The van der Waals surface area contributed by atoms with Crippen LogP contribution in [0.5, 0.6) is 5.75 Å². The van der Waals surface area contributed by atoms with E-state index in [1.807, 2.05) is 0 Å². The number of aryl methyl sites for hydroxylation is 2. The molecule has 0 spiro atoms. The summed E-state index contributed by atoms with van der Waals surface area (Å²) in [5.74, 6) is -1.10. The number of para-hydroxylation sites is 1. The summed E-state index contributed by atoms with van der Waals surface area (Å²) in [5.41, 5.74) is 0.999. The highest BCUT2D eigenvalue weighted by Crippen LogP contribution is 2.28. The second kappa shape index (κ2) is 7.67. The molecule has 0 bridgehead atoms. The standard InChI is InChI=1S/C19H16F2N2O4S/c20-18(21)27-14-7-3-1-5-12(14)17(25)26-10-11-9-16(24)23-13-6-2-4-8-15(13)28-19(23)22-11/h1,3,5,7,9,18H,2,4,6,8,10H2. The number of carbonyl (C=O) groups excluding carboxylic acids is 1. The lowest BCUT2D eigenvalue weighted by atomic mass is 10.0. The molecule has 0 saturated heterocycles. The number of ether oxygens (including phenoxy) is 2. The second-order valence-corrected chi connectivity index (χ2v) is 7.40. The van der Waals surface area contributed by atoms with Gasteiger partial charge in [-0.3, -0.25) is 9.20 Å². The molecule has 0 atom stereocenters. The maximum Gasteiger partial charge on any atom is 0.387 e. The number of esters is 1. The first-order chi connectivity index (χ1) is 13.5. The van der Waals surface area contributed by atoms with Gasteiger partial charge in [0.2, 0.25) is 0 Å². The minimum Gasteiger partial charge on any atom is -0.455 e. The van der Waals surface area contributed by atoms with E-state index in [1.165, 1.54) is 46.5 Å². The Kier molecular flexibility index (Phi) is 5.08. The predicted molar refractivity (Wildman–Crippen MR) is 98.2 cm³/mol. The van der Waals surface area contributed by atoms with Gasteiger partial charge in [-0.25, -0.2) is 9.78 Å². The van der Waals surface area contributed by atoms with E-state index < -0.39 is 12.6 Å². The van der Waals surface area contributed by atoms with E-state index in [1.54, 1.807) is 4.40 Å². The quantitative estimate of drug-likeness (QED) is 0.606. The van der Waals surface area contributed by atoms with Crippen molar-refractivity contribution < 1.29 is 23.0 Å². The minimum atomic E-state index is -3.05. The van der Waals surface area contributed by atoms with Crippen molar-refractivity contribution in [3.05, 3.63) is 62.5 Å². The molecule has 1 aliphatic carbocycles. The van der Waals surface area contributed by atoms with E-state index in [0.717, 1.165) is 31.4 Å². The third-order valence-electron chi connectivity index (χ3n) is 4.49. The molecule has 1 aliphatic rings. The third-order valence-corrected chi connectivity index (χ3v) is 5.63. The van der Waals surface area contributed by atoms with E-state index in [0.29, 0.717) is 10.7 Å². The molecule has 0 aliphatic heterocycles. The lowest BCUT2D eigenvalue weighted by Gasteiger charge is -2.11. The van der Waals surface area contributed by atoms with Crippen LogP contribution in [0.15, 0.2) is 35.1 Å². The minimum absolute atomic E-state index is 0.118. The number of benzene rings is 1. The number of halogens is 2. The number of alkyl halides is 2. The summed E-state index contributed by atoms with van der Waals surface area (Å²) in [5, 5.41) is 0. The van der Waals surface area contributed by atoms with Crippen molar-refractivity contribution in [3.63, 3.8) is 0 Å². The lowest BCUT2D eigenvalue weighted by molar-refractivity contribution is -0.0505. The van der Waals surface area contributed by atoms with Crippen molar-refractivity contribution in [1.29, 1.82) is 0 Å². The zero-order valence-electron chi connectivity index (χ0n) is 14.7. The molecule has 6 nitrogen and oxygen atoms in total. The Morgan fingerprint density at radius 3 is 2.86 bits per heavy atom. The second-order valence-electron chi connectivity index (χ2n) is 6.33. The van der Waals surface area contributed by atoms with E-state index in [-0.39, 0.29) is 23.5 Å². The summed E-state index contributed by atoms with van der Waals surface area (Å²) in [6.45, 7) is -3.29. The first-order valence-electron chi connectivity index (χ1n) is 8.77. The van der Waals surface area contributed by atoms with Crippen LogP contribution in [-0.2, 0) is 24.2 Å². The number of aromatic nitrogens is 2. The molecule has 0 fully saturated rings. The average molecular weight is 406 g/mol. The number of rotatable bonds is 5. The Balaban J connectivity index is 1.55. The molecule has 146 valence electrons. The van der Waals surface area contributed by atoms with E-state index in [4.69, 9.17) is 4.74 Å². The largest absolute Gasteiger partial charge is 0.455 e. The van der Waals surface area contributed by atoms with Crippen molar-refractivity contribution in [2.24, 2.45) is 0 Å². The molecule has 2 aromatic heterocycles.